The molecule has 0 saturated carbocycles. The van der Waals surface area contributed by atoms with Crippen molar-refractivity contribution >= 4 is 28.3 Å². The Hall–Kier alpha value is -3.34. The molecule has 0 aliphatic carbocycles. The van der Waals surface area contributed by atoms with Crippen molar-refractivity contribution < 1.29 is 19.8 Å². The van der Waals surface area contributed by atoms with Crippen LogP contribution in [0.1, 0.15) is 20.7 Å². The number of hydrogen-bond acceptors (Lipinski definition) is 3. The van der Waals surface area contributed by atoms with E-state index in [1.165, 1.54) is 18.2 Å². The van der Waals surface area contributed by atoms with E-state index < -0.39 is 11.9 Å². The Morgan fingerprint density at radius 3 is 2.48 bits per heavy atom. The van der Waals surface area contributed by atoms with Crippen LogP contribution in [-0.4, -0.2) is 22.1 Å². The lowest BCUT2D eigenvalue weighted by molar-refractivity contribution is 0.0696. The van der Waals surface area contributed by atoms with Gasteiger partial charge in [-0.05, 0) is 29.7 Å². The number of aromatic carboxylic acids is 1. The summed E-state index contributed by atoms with van der Waals surface area (Å²) in [5.74, 6) is -1.68. The Morgan fingerprint density at radius 2 is 1.70 bits per heavy atom. The van der Waals surface area contributed by atoms with Gasteiger partial charge < -0.3 is 15.5 Å². The van der Waals surface area contributed by atoms with Crippen LogP contribution in [0.4, 0.5) is 5.69 Å². The number of phenols is 1. The van der Waals surface area contributed by atoms with E-state index in [0.717, 1.165) is 5.39 Å². The highest BCUT2D eigenvalue weighted by molar-refractivity contribution is 6.10. The number of phenolic OH excluding ortho intramolecular Hbond substituents is 1. The average molecular weight is 307 g/mol. The maximum Gasteiger partial charge on any atom is 0.335 e. The van der Waals surface area contributed by atoms with Crippen LogP contribution in [0.15, 0.2) is 60.7 Å². The predicted octanol–water partition coefficient (Wildman–Crippen LogP) is 3.50. The largest absolute Gasteiger partial charge is 0.506 e. The fourth-order valence-corrected chi connectivity index (χ4v) is 2.37. The number of anilines is 1. The Balaban J connectivity index is 1.93. The van der Waals surface area contributed by atoms with Crippen molar-refractivity contribution in [3.05, 3.63) is 71.8 Å². The molecule has 0 aromatic heterocycles. The molecule has 0 atom stereocenters. The molecule has 3 rings (SSSR count). The van der Waals surface area contributed by atoms with Gasteiger partial charge in [0.2, 0.25) is 0 Å². The fourth-order valence-electron chi connectivity index (χ4n) is 2.37. The van der Waals surface area contributed by atoms with Gasteiger partial charge in [0.15, 0.2) is 0 Å². The van der Waals surface area contributed by atoms with E-state index in [-0.39, 0.29) is 16.9 Å². The third-order valence-corrected chi connectivity index (χ3v) is 3.51. The van der Waals surface area contributed by atoms with Crippen molar-refractivity contribution in [1.82, 2.24) is 0 Å². The number of aromatic hydroxyl groups is 1. The zero-order valence-electron chi connectivity index (χ0n) is 12.0. The molecule has 5 nitrogen and oxygen atoms in total. The lowest BCUT2D eigenvalue weighted by atomic mass is 10.0. The summed E-state index contributed by atoms with van der Waals surface area (Å²) in [5, 5.41) is 23.3. The first-order chi connectivity index (χ1) is 11.1. The number of benzene rings is 3. The predicted molar refractivity (Wildman–Crippen MR) is 87.0 cm³/mol. The Kier molecular flexibility index (Phi) is 3.68. The highest BCUT2D eigenvalue weighted by atomic mass is 16.4. The third kappa shape index (κ3) is 2.85. The van der Waals surface area contributed by atoms with Gasteiger partial charge in [0, 0.05) is 11.1 Å². The van der Waals surface area contributed by atoms with Gasteiger partial charge >= 0.3 is 5.97 Å². The van der Waals surface area contributed by atoms with E-state index in [1.807, 2.05) is 12.1 Å². The van der Waals surface area contributed by atoms with Crippen LogP contribution in [0.25, 0.3) is 10.8 Å². The molecule has 0 unspecified atom stereocenters. The molecule has 0 saturated heterocycles. The second-order valence-corrected chi connectivity index (χ2v) is 5.02. The standard InChI is InChI=1S/C18H13NO4/c20-16-14-7-2-1-4-11(14)8-9-15(16)17(21)19-13-6-3-5-12(10-13)18(22)23/h1-10,20H,(H,19,21)(H,22,23). The summed E-state index contributed by atoms with van der Waals surface area (Å²) in [4.78, 5) is 23.3. The average Bonchev–Trinajstić information content (AvgIpc) is 2.55. The minimum atomic E-state index is -1.07. The molecule has 114 valence electrons. The smallest absolute Gasteiger partial charge is 0.335 e. The highest BCUT2D eigenvalue weighted by Gasteiger charge is 2.14. The lowest BCUT2D eigenvalue weighted by Gasteiger charge is -2.09. The minimum absolute atomic E-state index is 0.0746. The molecule has 3 aromatic carbocycles. The van der Waals surface area contributed by atoms with E-state index in [4.69, 9.17) is 5.11 Å². The van der Waals surface area contributed by atoms with Crippen LogP contribution in [0.2, 0.25) is 0 Å². The van der Waals surface area contributed by atoms with Crippen molar-refractivity contribution in [2.24, 2.45) is 0 Å². The molecule has 0 bridgehead atoms. The topological polar surface area (TPSA) is 86.6 Å². The Bertz CT molecular complexity index is 918. The quantitative estimate of drug-likeness (QED) is 0.691. The van der Waals surface area contributed by atoms with Gasteiger partial charge in [-0.15, -0.1) is 0 Å². The van der Waals surface area contributed by atoms with Crippen molar-refractivity contribution in [3.63, 3.8) is 0 Å². The SMILES string of the molecule is O=C(O)c1cccc(NC(=O)c2ccc3ccccc3c2O)c1. The first kappa shape index (κ1) is 14.6. The summed E-state index contributed by atoms with van der Waals surface area (Å²) >= 11 is 0. The lowest BCUT2D eigenvalue weighted by Crippen LogP contribution is -2.12. The van der Waals surface area contributed by atoms with E-state index in [9.17, 15) is 14.7 Å². The molecule has 0 radical (unpaired) electrons. The summed E-state index contributed by atoms with van der Waals surface area (Å²) in [6, 6.07) is 16.4. The van der Waals surface area contributed by atoms with Crippen LogP contribution in [0.3, 0.4) is 0 Å². The van der Waals surface area contributed by atoms with Crippen molar-refractivity contribution in [2.45, 2.75) is 0 Å². The molecule has 0 heterocycles. The van der Waals surface area contributed by atoms with Crippen molar-refractivity contribution in [2.75, 3.05) is 5.32 Å². The monoisotopic (exact) mass is 307 g/mol. The summed E-state index contributed by atoms with van der Waals surface area (Å²) in [6.07, 6.45) is 0. The molecule has 0 aliphatic heterocycles. The number of amides is 1. The molecule has 1 amide bonds. The first-order valence-corrected chi connectivity index (χ1v) is 6.91. The minimum Gasteiger partial charge on any atom is -0.506 e. The van der Waals surface area contributed by atoms with E-state index in [2.05, 4.69) is 5.32 Å². The molecule has 3 N–H and O–H groups in total. The summed E-state index contributed by atoms with van der Waals surface area (Å²) in [7, 11) is 0. The summed E-state index contributed by atoms with van der Waals surface area (Å²) in [6.45, 7) is 0. The van der Waals surface area contributed by atoms with E-state index in [1.54, 1.807) is 30.3 Å². The van der Waals surface area contributed by atoms with Gasteiger partial charge in [0.05, 0.1) is 11.1 Å². The fraction of sp³-hybridized carbons (Fsp3) is 0. The molecular formula is C18H13NO4. The van der Waals surface area contributed by atoms with E-state index >= 15 is 0 Å². The number of carboxylic acids is 1. The molecule has 0 spiro atoms. The summed E-state index contributed by atoms with van der Waals surface area (Å²) < 4.78 is 0. The molecule has 0 aliphatic rings. The third-order valence-electron chi connectivity index (χ3n) is 3.51. The second-order valence-electron chi connectivity index (χ2n) is 5.02. The molecule has 0 fully saturated rings. The summed E-state index contributed by atoms with van der Waals surface area (Å²) in [5.41, 5.74) is 0.553. The van der Waals surface area contributed by atoms with Crippen molar-refractivity contribution in [3.8, 4) is 5.75 Å². The van der Waals surface area contributed by atoms with Gasteiger partial charge in [0.25, 0.3) is 5.91 Å². The van der Waals surface area contributed by atoms with Gasteiger partial charge in [-0.1, -0.05) is 36.4 Å². The maximum atomic E-state index is 12.3. The maximum absolute atomic E-state index is 12.3. The second kappa shape index (κ2) is 5.81. The Labute approximate surface area is 131 Å². The number of rotatable bonds is 3. The number of fused-ring (bicyclic) bond motifs is 1. The van der Waals surface area contributed by atoms with Gasteiger partial charge in [0.1, 0.15) is 5.75 Å². The van der Waals surface area contributed by atoms with Gasteiger partial charge in [-0.2, -0.15) is 0 Å². The molecule has 3 aromatic rings. The van der Waals surface area contributed by atoms with Gasteiger partial charge in [-0.25, -0.2) is 4.79 Å². The highest BCUT2D eigenvalue weighted by Crippen LogP contribution is 2.29. The number of carbonyl (C=O) groups is 2. The zero-order chi connectivity index (χ0) is 16.4. The van der Waals surface area contributed by atoms with Crippen molar-refractivity contribution in [1.29, 1.82) is 0 Å². The van der Waals surface area contributed by atoms with Crippen LogP contribution in [0.5, 0.6) is 5.75 Å². The zero-order valence-corrected chi connectivity index (χ0v) is 12.0. The normalized spacial score (nSPS) is 10.4. The van der Waals surface area contributed by atoms with Crippen LogP contribution < -0.4 is 5.32 Å². The van der Waals surface area contributed by atoms with Crippen LogP contribution >= 0.6 is 0 Å². The molecule has 23 heavy (non-hydrogen) atoms. The van der Waals surface area contributed by atoms with Crippen LogP contribution in [-0.2, 0) is 0 Å². The van der Waals surface area contributed by atoms with Crippen LogP contribution in [0, 0.1) is 0 Å². The number of carbonyl (C=O) groups excluding carboxylic acids is 1. The molecular weight excluding hydrogens is 294 g/mol. The van der Waals surface area contributed by atoms with E-state index in [0.29, 0.717) is 11.1 Å². The Morgan fingerprint density at radius 1 is 0.913 bits per heavy atom. The number of nitrogens with one attached hydrogen (secondary N) is 1. The number of carboxylic acid groups (broad SMARTS) is 1. The number of hydrogen-bond donors (Lipinski definition) is 3. The van der Waals surface area contributed by atoms with Gasteiger partial charge in [-0.3, -0.25) is 4.79 Å². The first-order valence-electron chi connectivity index (χ1n) is 6.91. The molecule has 5 heteroatoms.